The molecule has 0 saturated carbocycles. The van der Waals surface area contributed by atoms with E-state index in [0.717, 1.165) is 32.0 Å². The number of amides is 2. The van der Waals surface area contributed by atoms with Crippen molar-refractivity contribution < 1.29 is 19.1 Å². The molecular formula is C18H22ClFN4O3S. The first-order valence-electron chi connectivity index (χ1n) is 8.93. The molecule has 3 rings (SSSR count). The number of aliphatic hydroxyl groups excluding tert-OH is 1. The first-order valence-corrected chi connectivity index (χ1v) is 10.3. The highest BCUT2D eigenvalue weighted by Gasteiger charge is 2.37. The van der Waals surface area contributed by atoms with E-state index in [1.54, 1.807) is 5.41 Å². The Morgan fingerprint density at radius 3 is 2.68 bits per heavy atom. The monoisotopic (exact) mass is 428 g/mol. The standard InChI is InChI=1S/C18H22ClFN4O3S/c19-13-9-11(1-2-14(13)20)17(27)22-18-24(15(10-28-18)16(21)26)12-3-5-23(6-4-12)7-8-25/h1-2,9-10,12,18,25H,3-8H2,(H2,21,26)(H,22,27). The molecule has 1 fully saturated rings. The van der Waals surface area contributed by atoms with E-state index in [9.17, 15) is 14.0 Å². The minimum absolute atomic E-state index is 0.0331. The number of benzene rings is 1. The lowest BCUT2D eigenvalue weighted by atomic mass is 10.0. The fourth-order valence-electron chi connectivity index (χ4n) is 3.45. The number of carbonyl (C=O) groups excluding carboxylic acids is 2. The van der Waals surface area contributed by atoms with Gasteiger partial charge in [0.05, 0.1) is 11.6 Å². The van der Waals surface area contributed by atoms with Crippen LogP contribution in [0.25, 0.3) is 0 Å². The van der Waals surface area contributed by atoms with E-state index < -0.39 is 23.1 Å². The van der Waals surface area contributed by atoms with E-state index in [0.29, 0.717) is 12.2 Å². The van der Waals surface area contributed by atoms with Crippen LogP contribution in [0.2, 0.25) is 5.02 Å². The molecule has 2 amide bonds. The van der Waals surface area contributed by atoms with Gasteiger partial charge >= 0.3 is 0 Å². The van der Waals surface area contributed by atoms with Crippen LogP contribution >= 0.6 is 23.4 Å². The quantitative estimate of drug-likeness (QED) is 0.632. The second kappa shape index (κ2) is 9.13. The van der Waals surface area contributed by atoms with Gasteiger partial charge in [0.25, 0.3) is 11.8 Å². The topological polar surface area (TPSA) is 98.9 Å². The number of thioether (sulfide) groups is 1. The summed E-state index contributed by atoms with van der Waals surface area (Å²) in [6.45, 7) is 2.29. The zero-order valence-electron chi connectivity index (χ0n) is 15.1. The minimum Gasteiger partial charge on any atom is -0.395 e. The Labute approximate surface area is 171 Å². The molecule has 1 saturated heterocycles. The van der Waals surface area contributed by atoms with Gasteiger partial charge in [-0.2, -0.15) is 0 Å². The van der Waals surface area contributed by atoms with Crippen LogP contribution in [-0.4, -0.2) is 64.5 Å². The van der Waals surface area contributed by atoms with Crippen LogP contribution in [0.5, 0.6) is 0 Å². The number of hydrogen-bond donors (Lipinski definition) is 3. The molecule has 1 aromatic carbocycles. The Balaban J connectivity index is 1.72. The Kier molecular flexibility index (Phi) is 6.82. The van der Waals surface area contributed by atoms with E-state index in [4.69, 9.17) is 22.4 Å². The number of β-amino-alcohol motifs (C(OH)–C–C–N with tert-alkyl or cyclic N) is 1. The molecule has 0 aromatic heterocycles. The number of nitrogens with two attached hydrogens (primary N) is 1. The van der Waals surface area contributed by atoms with Crippen molar-refractivity contribution in [3.63, 3.8) is 0 Å². The zero-order valence-corrected chi connectivity index (χ0v) is 16.7. The molecular weight excluding hydrogens is 407 g/mol. The lowest BCUT2D eigenvalue weighted by Gasteiger charge is -2.40. The number of hydrogen-bond acceptors (Lipinski definition) is 6. The third-order valence-electron chi connectivity index (χ3n) is 4.89. The number of aliphatic hydroxyl groups is 1. The average Bonchev–Trinajstić information content (AvgIpc) is 3.08. The van der Waals surface area contributed by atoms with Crippen LogP contribution in [0.1, 0.15) is 23.2 Å². The van der Waals surface area contributed by atoms with Gasteiger partial charge in [-0.3, -0.25) is 9.59 Å². The largest absolute Gasteiger partial charge is 0.395 e. The maximum absolute atomic E-state index is 13.3. The van der Waals surface area contributed by atoms with Crippen molar-refractivity contribution in [3.8, 4) is 0 Å². The number of piperidine rings is 1. The van der Waals surface area contributed by atoms with Gasteiger partial charge in [-0.05, 0) is 31.0 Å². The molecule has 0 spiro atoms. The maximum Gasteiger partial charge on any atom is 0.265 e. The molecule has 4 N–H and O–H groups in total. The van der Waals surface area contributed by atoms with Crippen molar-refractivity contribution in [1.29, 1.82) is 0 Å². The van der Waals surface area contributed by atoms with Gasteiger partial charge < -0.3 is 26.0 Å². The molecule has 152 valence electrons. The Morgan fingerprint density at radius 1 is 1.36 bits per heavy atom. The van der Waals surface area contributed by atoms with Crippen molar-refractivity contribution in [2.75, 3.05) is 26.2 Å². The summed E-state index contributed by atoms with van der Waals surface area (Å²) in [7, 11) is 0. The first-order chi connectivity index (χ1) is 13.4. The Morgan fingerprint density at radius 2 is 2.07 bits per heavy atom. The summed E-state index contributed by atoms with van der Waals surface area (Å²) in [4.78, 5) is 28.5. The van der Waals surface area contributed by atoms with Crippen LogP contribution in [0, 0.1) is 5.82 Å². The van der Waals surface area contributed by atoms with Crippen LogP contribution in [0.3, 0.4) is 0 Å². The second-order valence-corrected chi connectivity index (χ2v) is 8.02. The van der Waals surface area contributed by atoms with Crippen LogP contribution in [-0.2, 0) is 4.79 Å². The van der Waals surface area contributed by atoms with Gasteiger partial charge in [-0.1, -0.05) is 23.4 Å². The summed E-state index contributed by atoms with van der Waals surface area (Å²) in [6.07, 6.45) is 1.56. The molecule has 0 radical (unpaired) electrons. The molecule has 28 heavy (non-hydrogen) atoms. The lowest BCUT2D eigenvalue weighted by Crippen LogP contribution is -2.53. The van der Waals surface area contributed by atoms with Crippen LogP contribution in [0.15, 0.2) is 29.3 Å². The molecule has 10 heteroatoms. The highest BCUT2D eigenvalue weighted by molar-refractivity contribution is 8.02. The smallest absolute Gasteiger partial charge is 0.265 e. The molecule has 2 heterocycles. The molecule has 2 aliphatic heterocycles. The van der Waals surface area contributed by atoms with Gasteiger partial charge in [0.15, 0.2) is 5.50 Å². The molecule has 7 nitrogen and oxygen atoms in total. The summed E-state index contributed by atoms with van der Waals surface area (Å²) < 4.78 is 13.3. The van der Waals surface area contributed by atoms with Crippen molar-refractivity contribution in [2.45, 2.75) is 24.4 Å². The maximum atomic E-state index is 13.3. The number of nitrogens with zero attached hydrogens (tertiary/aromatic N) is 2. The first kappa shape index (κ1) is 20.9. The second-order valence-electron chi connectivity index (χ2n) is 6.66. The van der Waals surface area contributed by atoms with Crippen molar-refractivity contribution in [1.82, 2.24) is 15.1 Å². The number of likely N-dealkylation sites (tertiary alicyclic amines) is 1. The summed E-state index contributed by atoms with van der Waals surface area (Å²) in [5.74, 6) is -1.56. The predicted molar refractivity (Wildman–Crippen MR) is 106 cm³/mol. The van der Waals surface area contributed by atoms with Gasteiger partial charge in [0.1, 0.15) is 11.5 Å². The number of carbonyl (C=O) groups is 2. The SMILES string of the molecule is NC(=O)C1=CSC(NC(=O)c2ccc(F)c(Cl)c2)N1C1CCN(CCO)CC1. The predicted octanol–water partition coefficient (Wildman–Crippen LogP) is 1.32. The van der Waals surface area contributed by atoms with E-state index >= 15 is 0 Å². The van der Waals surface area contributed by atoms with E-state index in [-0.39, 0.29) is 23.2 Å². The molecule has 2 aliphatic rings. The number of primary amides is 1. The Hall–Kier alpha value is -1.81. The molecule has 1 atom stereocenters. The minimum atomic E-state index is -0.595. The third-order valence-corrected chi connectivity index (χ3v) is 6.15. The summed E-state index contributed by atoms with van der Waals surface area (Å²) in [5, 5.41) is 13.5. The summed E-state index contributed by atoms with van der Waals surface area (Å²) in [6, 6.07) is 3.80. The molecule has 0 bridgehead atoms. The van der Waals surface area contributed by atoms with Gasteiger partial charge in [0.2, 0.25) is 0 Å². The van der Waals surface area contributed by atoms with Gasteiger partial charge in [-0.25, -0.2) is 4.39 Å². The van der Waals surface area contributed by atoms with Gasteiger partial charge in [0, 0.05) is 36.6 Å². The fourth-order valence-corrected chi connectivity index (χ4v) is 4.72. The zero-order chi connectivity index (χ0) is 20.3. The van der Waals surface area contributed by atoms with Crippen LogP contribution < -0.4 is 11.1 Å². The molecule has 1 unspecified atom stereocenters. The number of rotatable bonds is 6. The summed E-state index contributed by atoms with van der Waals surface area (Å²) >= 11 is 7.06. The Bertz CT molecular complexity index is 786. The molecule has 1 aromatic rings. The number of nitrogens with one attached hydrogen (secondary N) is 1. The van der Waals surface area contributed by atoms with Crippen molar-refractivity contribution in [3.05, 3.63) is 45.7 Å². The highest BCUT2D eigenvalue weighted by atomic mass is 35.5. The fraction of sp³-hybridized carbons (Fsp3) is 0.444. The van der Waals surface area contributed by atoms with E-state index in [2.05, 4.69) is 10.2 Å². The summed E-state index contributed by atoms with van der Waals surface area (Å²) in [5.41, 5.74) is 5.64. The lowest BCUT2D eigenvalue weighted by molar-refractivity contribution is -0.116. The normalized spacial score (nSPS) is 20.9. The van der Waals surface area contributed by atoms with E-state index in [1.165, 1.54) is 23.9 Å². The highest BCUT2D eigenvalue weighted by Crippen LogP contribution is 2.34. The van der Waals surface area contributed by atoms with Crippen molar-refractivity contribution >= 4 is 35.2 Å². The van der Waals surface area contributed by atoms with Crippen molar-refractivity contribution in [2.24, 2.45) is 5.73 Å². The van der Waals surface area contributed by atoms with Gasteiger partial charge in [-0.15, -0.1) is 0 Å². The molecule has 0 aliphatic carbocycles. The van der Waals surface area contributed by atoms with E-state index in [1.807, 2.05) is 4.90 Å². The average molecular weight is 429 g/mol. The number of halogens is 2. The third kappa shape index (κ3) is 4.60. The van der Waals surface area contributed by atoms with Crippen LogP contribution in [0.4, 0.5) is 4.39 Å².